The Balaban J connectivity index is 1.24. The first kappa shape index (κ1) is 47.3. The van der Waals surface area contributed by atoms with Crippen molar-refractivity contribution in [2.45, 2.75) is 151 Å². The molecular formula is C46H57NO18. The number of likely N-dealkylation sites (N-methyl/N-ethyl adjacent to an activating group) is 1. The van der Waals surface area contributed by atoms with Gasteiger partial charge in [-0.25, -0.2) is 4.79 Å². The molecule has 8 rings (SSSR count). The summed E-state index contributed by atoms with van der Waals surface area (Å²) in [5.74, 6) is -3.79. The first-order chi connectivity index (χ1) is 30.6. The lowest BCUT2D eigenvalue weighted by Crippen LogP contribution is -2.65. The van der Waals surface area contributed by atoms with Crippen LogP contribution in [0, 0.1) is 0 Å². The predicted molar refractivity (Wildman–Crippen MR) is 224 cm³/mol. The van der Waals surface area contributed by atoms with E-state index in [9.17, 15) is 39.9 Å². The van der Waals surface area contributed by atoms with Crippen molar-refractivity contribution in [2.75, 3.05) is 28.4 Å². The first-order valence-electron chi connectivity index (χ1n) is 21.6. The Bertz CT molecular complexity index is 2470. The Labute approximate surface area is 373 Å². The molecule has 5 aliphatic rings. The fourth-order valence-corrected chi connectivity index (χ4v) is 10.2. The Morgan fingerprint density at radius 3 is 2.15 bits per heavy atom. The summed E-state index contributed by atoms with van der Waals surface area (Å²) in [5.41, 5.74) is -8.39. The van der Waals surface area contributed by atoms with Crippen molar-refractivity contribution in [1.82, 2.24) is 5.32 Å². The molecule has 1 unspecified atom stereocenters. The van der Waals surface area contributed by atoms with Crippen LogP contribution in [0.3, 0.4) is 0 Å². The number of fused-ring (bicyclic) bond motifs is 4. The van der Waals surface area contributed by atoms with E-state index in [0.29, 0.717) is 0 Å². The Morgan fingerprint density at radius 1 is 0.862 bits per heavy atom. The smallest absolute Gasteiger partial charge is 0.345 e. The summed E-state index contributed by atoms with van der Waals surface area (Å²) < 4.78 is 52.9. The zero-order chi connectivity index (χ0) is 47.4. The average Bonchev–Trinajstić information content (AvgIpc) is 3.91. The van der Waals surface area contributed by atoms with Crippen molar-refractivity contribution < 1.29 is 82.2 Å². The van der Waals surface area contributed by atoms with Gasteiger partial charge in [-0.05, 0) is 67.1 Å². The number of carbonyl (C=O) groups is 3. The minimum absolute atomic E-state index is 0.0349. The maximum atomic E-state index is 15.1. The van der Waals surface area contributed by atoms with Gasteiger partial charge in [0.25, 0.3) is 0 Å². The zero-order valence-electron chi connectivity index (χ0n) is 37.8. The van der Waals surface area contributed by atoms with Crippen LogP contribution in [0.1, 0.15) is 109 Å². The summed E-state index contributed by atoms with van der Waals surface area (Å²) in [6, 6.07) is 4.90. The SMILES string of the molecule is CN[C@@]1(C)C[C@H](c2ccc3c(c2O)C(=O)c2c(cc(C(O)(C(=O)OC)[C@H]4O[C@H](C)[C@@H](O)[C@@H](OC)[C@@H]4O)c4c(=O)cc([C@@]5(C)O[C@H]5C)oc24)C3=O)O[C@@H](C)[C@H]1O[C@@H]1C[C@H](OC)[C@H](O)[C@@H](C)O1. The molecular weight excluding hydrogens is 854 g/mol. The number of ether oxygens (including phenoxy) is 8. The number of aliphatic hydroxyl groups is 4. The van der Waals surface area contributed by atoms with Gasteiger partial charge >= 0.3 is 5.97 Å². The number of benzene rings is 2. The second-order valence-electron chi connectivity index (χ2n) is 18.2. The largest absolute Gasteiger partial charge is 0.507 e. The van der Waals surface area contributed by atoms with Crippen molar-refractivity contribution in [3.05, 3.63) is 73.6 Å². The number of phenolic OH excluding ortho intramolecular Hbond substituents is 1. The van der Waals surface area contributed by atoms with E-state index in [4.69, 9.17) is 42.3 Å². The normalized spacial score (nSPS) is 37.9. The standard InChI is InChI=1S/C46H57NO18/c1-17-33(49)26(57-8)15-29(61-17)64-41-19(3)60-27(16-44(41,5)47-7)21-11-12-22-30(36(21)52)37(53)31-23(35(22)51)13-24(32-25(48)14-28(63-39(31)32)45(6)20(4)65-45)46(56,43(55)59-10)42-38(54)40(58-9)34(50)18(2)62-42/h11-14,17-20,26-27,29,33-34,38,40-42,47,49-50,52,54,56H,15-16H2,1-10H3/t17-,18-,19+,20+,26+,27-,29-,33-,34-,38+,40-,41-,42+,44+,45+,46?/m1/s1. The fourth-order valence-electron chi connectivity index (χ4n) is 10.2. The van der Waals surface area contributed by atoms with Crippen molar-refractivity contribution in [3.8, 4) is 5.75 Å². The van der Waals surface area contributed by atoms with Crippen molar-refractivity contribution in [2.24, 2.45) is 0 Å². The van der Waals surface area contributed by atoms with Crippen LogP contribution in [0.2, 0.25) is 0 Å². The van der Waals surface area contributed by atoms with Gasteiger partial charge in [-0.15, -0.1) is 0 Å². The second kappa shape index (κ2) is 16.8. The molecule has 0 saturated carbocycles. The molecule has 19 heteroatoms. The predicted octanol–water partition coefficient (Wildman–Crippen LogP) is 1.52. The molecule has 1 aliphatic carbocycles. The van der Waals surface area contributed by atoms with E-state index in [1.54, 1.807) is 34.7 Å². The molecule has 4 fully saturated rings. The van der Waals surface area contributed by atoms with Gasteiger partial charge in [0.15, 0.2) is 23.1 Å². The number of hydrogen-bond acceptors (Lipinski definition) is 19. The number of methoxy groups -OCH3 is 3. The van der Waals surface area contributed by atoms with Crippen LogP contribution in [0.25, 0.3) is 11.0 Å². The van der Waals surface area contributed by atoms with Crippen LogP contribution in [0.15, 0.2) is 33.5 Å². The molecule has 0 amide bonds. The number of aromatic hydroxyl groups is 1. The third-order valence-electron chi connectivity index (χ3n) is 14.4. The summed E-state index contributed by atoms with van der Waals surface area (Å²) in [6.07, 6.45) is -12.6. The van der Waals surface area contributed by atoms with Crippen LogP contribution >= 0.6 is 0 Å². The van der Waals surface area contributed by atoms with Gasteiger partial charge in [0.05, 0.1) is 60.2 Å². The van der Waals surface area contributed by atoms with Crippen LogP contribution in [-0.4, -0.2) is 150 Å². The number of phenols is 1. The van der Waals surface area contributed by atoms with Gasteiger partial charge in [0, 0.05) is 54.5 Å². The monoisotopic (exact) mass is 911 g/mol. The van der Waals surface area contributed by atoms with Crippen molar-refractivity contribution in [3.63, 3.8) is 0 Å². The molecule has 0 bridgehead atoms. The molecule has 3 aromatic rings. The average molecular weight is 912 g/mol. The van der Waals surface area contributed by atoms with Gasteiger partial charge in [-0.2, -0.15) is 0 Å². The van der Waals surface area contributed by atoms with E-state index in [0.717, 1.165) is 19.2 Å². The van der Waals surface area contributed by atoms with Crippen molar-refractivity contribution >= 4 is 28.5 Å². The number of esters is 1. The number of hydrogen-bond donors (Lipinski definition) is 6. The van der Waals surface area contributed by atoms with E-state index in [-0.39, 0.29) is 29.7 Å². The third-order valence-corrected chi connectivity index (χ3v) is 14.4. The highest BCUT2D eigenvalue weighted by Crippen LogP contribution is 2.50. The third kappa shape index (κ3) is 7.26. The topological polar surface area (TPSA) is 272 Å². The molecule has 0 spiro atoms. The quantitative estimate of drug-likeness (QED) is 0.0972. The molecule has 2 aromatic carbocycles. The van der Waals surface area contributed by atoms with Gasteiger partial charge in [0.2, 0.25) is 11.4 Å². The van der Waals surface area contributed by atoms with E-state index < -0.39 is 158 Å². The highest BCUT2D eigenvalue weighted by molar-refractivity contribution is 6.32. The lowest BCUT2D eigenvalue weighted by molar-refractivity contribution is -0.293. The molecule has 19 nitrogen and oxygen atoms in total. The van der Waals surface area contributed by atoms with E-state index in [1.807, 2.05) is 6.92 Å². The highest BCUT2D eigenvalue weighted by atomic mass is 16.7. The lowest BCUT2D eigenvalue weighted by Gasteiger charge is -2.49. The summed E-state index contributed by atoms with van der Waals surface area (Å²) in [6.45, 7) is 10.2. The summed E-state index contributed by atoms with van der Waals surface area (Å²) >= 11 is 0. The molecule has 16 atom stereocenters. The van der Waals surface area contributed by atoms with Gasteiger partial charge in [-0.3, -0.25) is 14.4 Å². The van der Waals surface area contributed by atoms with Gasteiger partial charge in [0.1, 0.15) is 53.7 Å². The number of epoxide rings is 1. The molecule has 4 saturated heterocycles. The maximum absolute atomic E-state index is 15.1. The van der Waals surface area contributed by atoms with Crippen LogP contribution in [0.5, 0.6) is 5.75 Å². The molecule has 65 heavy (non-hydrogen) atoms. The molecule has 354 valence electrons. The lowest BCUT2D eigenvalue weighted by atomic mass is 9.74. The molecule has 1 aromatic heterocycles. The molecule has 4 aliphatic heterocycles. The number of ketones is 2. The zero-order valence-corrected chi connectivity index (χ0v) is 37.8. The first-order valence-corrected chi connectivity index (χ1v) is 21.6. The fraction of sp³-hybridized carbons (Fsp3) is 0.609. The van der Waals surface area contributed by atoms with Gasteiger partial charge < -0.3 is 73.2 Å². The van der Waals surface area contributed by atoms with Crippen LogP contribution < -0.4 is 10.7 Å². The van der Waals surface area contributed by atoms with Crippen molar-refractivity contribution in [1.29, 1.82) is 0 Å². The van der Waals surface area contributed by atoms with E-state index >= 15 is 4.79 Å². The number of carbonyl (C=O) groups excluding carboxylic acids is 3. The highest BCUT2D eigenvalue weighted by Gasteiger charge is 2.60. The summed E-state index contributed by atoms with van der Waals surface area (Å²) in [5, 5.41) is 60.5. The Kier molecular flexibility index (Phi) is 12.2. The maximum Gasteiger partial charge on any atom is 0.345 e. The van der Waals surface area contributed by atoms with Crippen LogP contribution in [0.4, 0.5) is 0 Å². The Morgan fingerprint density at radius 2 is 1.54 bits per heavy atom. The van der Waals surface area contributed by atoms with E-state index in [1.165, 1.54) is 33.3 Å². The molecule has 6 N–H and O–H groups in total. The summed E-state index contributed by atoms with van der Waals surface area (Å²) in [7, 11) is 5.40. The molecule has 5 heterocycles. The van der Waals surface area contributed by atoms with E-state index in [2.05, 4.69) is 5.32 Å². The second-order valence-corrected chi connectivity index (χ2v) is 18.2. The Hall–Kier alpha value is -4.22. The number of aliphatic hydroxyl groups excluding tert-OH is 3. The number of nitrogens with one attached hydrogen (secondary N) is 1. The molecule has 0 radical (unpaired) electrons. The number of rotatable bonds is 10. The minimum atomic E-state index is -3.10. The van der Waals surface area contributed by atoms with Crippen LogP contribution in [-0.2, 0) is 53.9 Å². The summed E-state index contributed by atoms with van der Waals surface area (Å²) in [4.78, 5) is 58.3. The van der Waals surface area contributed by atoms with Gasteiger partial charge in [-0.1, -0.05) is 6.07 Å². The minimum Gasteiger partial charge on any atom is -0.507 e.